The number of nitrogens with two attached hydrogens (primary N) is 1. The van der Waals surface area contributed by atoms with Crippen molar-refractivity contribution in [1.29, 1.82) is 0 Å². The van der Waals surface area contributed by atoms with E-state index in [1.807, 2.05) is 6.07 Å². The van der Waals surface area contributed by atoms with Gasteiger partial charge in [0.15, 0.2) is 21.3 Å². The molecule has 0 radical (unpaired) electrons. The van der Waals surface area contributed by atoms with Gasteiger partial charge in [-0.2, -0.15) is 0 Å². The average molecular weight is 269 g/mol. The number of rotatable bonds is 3. The van der Waals surface area contributed by atoms with Crippen molar-refractivity contribution in [3.8, 4) is 11.5 Å². The van der Waals surface area contributed by atoms with Crippen LogP contribution in [0.25, 0.3) is 0 Å². The Labute approximate surface area is 106 Å². The van der Waals surface area contributed by atoms with Crippen LogP contribution in [-0.2, 0) is 15.3 Å². The molecule has 0 unspecified atom stereocenters. The zero-order valence-corrected chi connectivity index (χ0v) is 10.9. The van der Waals surface area contributed by atoms with E-state index in [1.165, 1.54) is 6.26 Å². The Morgan fingerprint density at radius 3 is 2.61 bits per heavy atom. The first-order chi connectivity index (χ1) is 8.48. The Balaban J connectivity index is 2.28. The lowest BCUT2D eigenvalue weighted by molar-refractivity contribution is 0.172. The Hall–Kier alpha value is -1.27. The Kier molecular flexibility index (Phi) is 2.37. The molecule has 1 fully saturated rings. The summed E-state index contributed by atoms with van der Waals surface area (Å²) in [5, 5.41) is 0. The van der Waals surface area contributed by atoms with Crippen molar-refractivity contribution in [3.05, 3.63) is 17.7 Å². The highest BCUT2D eigenvalue weighted by Crippen LogP contribution is 2.53. The number of benzene rings is 1. The third-order valence-corrected chi connectivity index (χ3v) is 4.83. The molecule has 0 spiro atoms. The van der Waals surface area contributed by atoms with Gasteiger partial charge in [0.2, 0.25) is 6.79 Å². The van der Waals surface area contributed by atoms with Crippen LogP contribution in [0.1, 0.15) is 18.4 Å². The third kappa shape index (κ3) is 1.59. The van der Waals surface area contributed by atoms with E-state index in [-0.39, 0.29) is 17.1 Å². The van der Waals surface area contributed by atoms with E-state index in [4.69, 9.17) is 15.2 Å². The van der Waals surface area contributed by atoms with Gasteiger partial charge in [-0.1, -0.05) is 6.07 Å². The lowest BCUT2D eigenvalue weighted by atomic mass is 9.95. The summed E-state index contributed by atoms with van der Waals surface area (Å²) in [5.74, 6) is 0.835. The van der Waals surface area contributed by atoms with E-state index < -0.39 is 9.84 Å². The van der Waals surface area contributed by atoms with Crippen LogP contribution < -0.4 is 15.2 Å². The van der Waals surface area contributed by atoms with Gasteiger partial charge in [-0.25, -0.2) is 8.42 Å². The smallest absolute Gasteiger partial charge is 0.231 e. The van der Waals surface area contributed by atoms with E-state index in [0.717, 1.165) is 18.4 Å². The van der Waals surface area contributed by atoms with Crippen molar-refractivity contribution < 1.29 is 17.9 Å². The summed E-state index contributed by atoms with van der Waals surface area (Å²) in [6, 6.07) is 3.58. The molecule has 1 heterocycles. The molecule has 6 heteroatoms. The maximum Gasteiger partial charge on any atom is 0.231 e. The minimum absolute atomic E-state index is 0.0664. The number of hydrogen-bond acceptors (Lipinski definition) is 5. The van der Waals surface area contributed by atoms with Crippen LogP contribution in [0.2, 0.25) is 0 Å². The fourth-order valence-electron chi connectivity index (χ4n) is 2.47. The second-order valence-corrected chi connectivity index (χ2v) is 6.89. The predicted molar refractivity (Wildman–Crippen MR) is 65.6 cm³/mol. The van der Waals surface area contributed by atoms with Crippen molar-refractivity contribution in [2.24, 2.45) is 5.73 Å². The molecule has 0 atom stereocenters. The molecule has 2 N–H and O–H groups in total. The molecule has 0 amide bonds. The van der Waals surface area contributed by atoms with Crippen LogP contribution >= 0.6 is 0 Å². The van der Waals surface area contributed by atoms with Gasteiger partial charge in [0.1, 0.15) is 4.90 Å². The number of hydrogen-bond donors (Lipinski definition) is 1. The van der Waals surface area contributed by atoms with Gasteiger partial charge < -0.3 is 15.2 Å². The molecular formula is C12H15NO4S. The molecular weight excluding hydrogens is 254 g/mol. The topological polar surface area (TPSA) is 78.6 Å². The van der Waals surface area contributed by atoms with E-state index in [9.17, 15) is 8.42 Å². The first kappa shape index (κ1) is 11.8. The summed E-state index contributed by atoms with van der Waals surface area (Å²) in [6.07, 6.45) is 3.04. The largest absolute Gasteiger partial charge is 0.454 e. The second kappa shape index (κ2) is 3.61. The standard InChI is InChI=1S/C12H15NO4S/c1-18(14,15)11-8(12(6-13)4-5-12)2-3-9-10(11)17-7-16-9/h2-3H,4-7,13H2,1H3. The molecule has 18 heavy (non-hydrogen) atoms. The van der Waals surface area contributed by atoms with Gasteiger partial charge in [0.25, 0.3) is 0 Å². The monoisotopic (exact) mass is 269 g/mol. The summed E-state index contributed by atoms with van der Waals surface area (Å²) < 4.78 is 34.6. The molecule has 3 rings (SSSR count). The average Bonchev–Trinajstić information content (AvgIpc) is 2.97. The molecule has 0 saturated heterocycles. The lowest BCUT2D eigenvalue weighted by Crippen LogP contribution is -2.22. The molecule has 1 aliphatic heterocycles. The maximum atomic E-state index is 12.0. The van der Waals surface area contributed by atoms with Gasteiger partial charge in [0.05, 0.1) is 0 Å². The van der Waals surface area contributed by atoms with E-state index in [1.54, 1.807) is 6.07 Å². The Bertz CT molecular complexity index is 605. The fraction of sp³-hybridized carbons (Fsp3) is 0.500. The summed E-state index contributed by atoms with van der Waals surface area (Å²) in [7, 11) is -3.37. The van der Waals surface area contributed by atoms with Crippen molar-refractivity contribution in [2.75, 3.05) is 19.6 Å². The molecule has 2 aliphatic rings. The first-order valence-corrected chi connectivity index (χ1v) is 7.70. The highest BCUT2D eigenvalue weighted by atomic mass is 32.2. The van der Waals surface area contributed by atoms with E-state index in [2.05, 4.69) is 0 Å². The lowest BCUT2D eigenvalue weighted by Gasteiger charge is -2.18. The van der Waals surface area contributed by atoms with Gasteiger partial charge in [-0.15, -0.1) is 0 Å². The Morgan fingerprint density at radius 2 is 2.06 bits per heavy atom. The van der Waals surface area contributed by atoms with Gasteiger partial charge in [-0.3, -0.25) is 0 Å². The van der Waals surface area contributed by atoms with E-state index in [0.29, 0.717) is 18.0 Å². The van der Waals surface area contributed by atoms with Crippen LogP contribution in [0.15, 0.2) is 17.0 Å². The van der Waals surface area contributed by atoms with Crippen LogP contribution in [0.3, 0.4) is 0 Å². The SMILES string of the molecule is CS(=O)(=O)c1c(C2(CN)CC2)ccc2c1OCO2. The molecule has 1 aliphatic carbocycles. The maximum absolute atomic E-state index is 12.0. The van der Waals surface area contributed by atoms with Crippen LogP contribution in [-0.4, -0.2) is 28.0 Å². The summed E-state index contributed by atoms with van der Waals surface area (Å²) >= 11 is 0. The van der Waals surface area contributed by atoms with Crippen LogP contribution in [0.5, 0.6) is 11.5 Å². The normalized spacial score (nSPS) is 19.9. The first-order valence-electron chi connectivity index (χ1n) is 5.81. The van der Waals surface area contributed by atoms with Crippen molar-refractivity contribution in [3.63, 3.8) is 0 Å². The highest BCUT2D eigenvalue weighted by molar-refractivity contribution is 7.90. The molecule has 0 bridgehead atoms. The van der Waals surface area contributed by atoms with Crippen molar-refractivity contribution in [2.45, 2.75) is 23.2 Å². The van der Waals surface area contributed by atoms with Crippen LogP contribution in [0, 0.1) is 0 Å². The molecule has 98 valence electrons. The number of sulfone groups is 1. The zero-order valence-electron chi connectivity index (χ0n) is 10.1. The summed E-state index contributed by atoms with van der Waals surface area (Å²) in [5.41, 5.74) is 6.37. The van der Waals surface area contributed by atoms with Gasteiger partial charge in [0, 0.05) is 18.2 Å². The molecule has 1 aromatic carbocycles. The predicted octanol–water partition coefficient (Wildman–Crippen LogP) is 0.809. The van der Waals surface area contributed by atoms with Gasteiger partial charge in [-0.05, 0) is 24.5 Å². The quantitative estimate of drug-likeness (QED) is 0.878. The number of ether oxygens (including phenoxy) is 2. The highest BCUT2D eigenvalue weighted by Gasteiger charge is 2.47. The van der Waals surface area contributed by atoms with Gasteiger partial charge >= 0.3 is 0 Å². The zero-order chi connectivity index (χ0) is 13.0. The Morgan fingerprint density at radius 1 is 1.33 bits per heavy atom. The molecule has 1 saturated carbocycles. The van der Waals surface area contributed by atoms with Crippen molar-refractivity contribution in [1.82, 2.24) is 0 Å². The molecule has 0 aromatic heterocycles. The third-order valence-electron chi connectivity index (χ3n) is 3.68. The van der Waals surface area contributed by atoms with E-state index >= 15 is 0 Å². The van der Waals surface area contributed by atoms with Crippen LogP contribution in [0.4, 0.5) is 0 Å². The molecule has 5 nitrogen and oxygen atoms in total. The summed E-state index contributed by atoms with van der Waals surface area (Å²) in [6.45, 7) is 0.520. The second-order valence-electron chi connectivity index (χ2n) is 4.93. The minimum Gasteiger partial charge on any atom is -0.454 e. The van der Waals surface area contributed by atoms with Crippen molar-refractivity contribution >= 4 is 9.84 Å². The fourth-order valence-corrected chi connectivity index (χ4v) is 3.65. The summed E-state index contributed by atoms with van der Waals surface area (Å²) in [4.78, 5) is 0.250. The molecule has 1 aromatic rings. The number of fused-ring (bicyclic) bond motifs is 1. The minimum atomic E-state index is -3.37.